The fraction of sp³-hybridized carbons (Fsp3) is 0.316. The molecule has 7 nitrogen and oxygen atoms in total. The van der Waals surface area contributed by atoms with Gasteiger partial charge in [0.1, 0.15) is 36.9 Å². The van der Waals surface area contributed by atoms with Crippen LogP contribution in [-0.2, 0) is 9.63 Å². The molecule has 1 aliphatic rings. The van der Waals surface area contributed by atoms with Gasteiger partial charge in [0.2, 0.25) is 6.41 Å². The summed E-state index contributed by atoms with van der Waals surface area (Å²) in [5.74, 6) is 1.22. The molecule has 2 atom stereocenters. The molecule has 1 saturated heterocycles. The van der Waals surface area contributed by atoms with Crippen LogP contribution in [-0.4, -0.2) is 55.1 Å². The highest BCUT2D eigenvalue weighted by Crippen LogP contribution is 2.23. The molecule has 3 rings (SSSR count). The molecule has 2 N–H and O–H groups in total. The number of aliphatic hydroxyl groups is 1. The molecule has 1 fully saturated rings. The van der Waals surface area contributed by atoms with E-state index in [4.69, 9.17) is 25.9 Å². The highest BCUT2D eigenvalue weighted by atomic mass is 35.5. The molecule has 8 heteroatoms. The fourth-order valence-electron chi connectivity index (χ4n) is 2.67. The van der Waals surface area contributed by atoms with Crippen molar-refractivity contribution in [1.29, 1.82) is 0 Å². The maximum absolute atomic E-state index is 10.6. The lowest BCUT2D eigenvalue weighted by molar-refractivity contribution is -0.131. The number of para-hydroxylation sites is 2. The van der Waals surface area contributed by atoms with Crippen LogP contribution in [0.1, 0.15) is 0 Å². The van der Waals surface area contributed by atoms with Crippen molar-refractivity contribution in [1.82, 2.24) is 5.06 Å². The van der Waals surface area contributed by atoms with Crippen LogP contribution in [0.3, 0.4) is 0 Å². The number of amides is 1. The largest absolute Gasteiger partial charge is 0.489 e. The lowest BCUT2D eigenvalue weighted by atomic mass is 10.3. The van der Waals surface area contributed by atoms with Gasteiger partial charge < -0.3 is 19.9 Å². The van der Waals surface area contributed by atoms with E-state index in [0.717, 1.165) is 5.75 Å². The van der Waals surface area contributed by atoms with Crippen LogP contribution < -0.4 is 14.8 Å². The molecule has 1 amide bonds. The summed E-state index contributed by atoms with van der Waals surface area (Å²) in [4.78, 5) is 16.2. The quantitative estimate of drug-likeness (QED) is 0.638. The van der Waals surface area contributed by atoms with Crippen molar-refractivity contribution in [3.8, 4) is 11.5 Å². The van der Waals surface area contributed by atoms with Crippen LogP contribution in [0.4, 0.5) is 5.69 Å². The summed E-state index contributed by atoms with van der Waals surface area (Å²) in [5, 5.41) is 15.1. The second-order valence-corrected chi connectivity index (χ2v) is 6.50. The van der Waals surface area contributed by atoms with E-state index in [1.165, 1.54) is 0 Å². The molecular formula is C19H21ClN2O5. The van der Waals surface area contributed by atoms with Gasteiger partial charge in [0.15, 0.2) is 0 Å². The Hall–Kier alpha value is -2.32. The molecular weight excluding hydrogens is 372 g/mol. The highest BCUT2D eigenvalue weighted by molar-refractivity contribution is 6.30. The van der Waals surface area contributed by atoms with Gasteiger partial charge in [-0.2, -0.15) is 5.06 Å². The monoisotopic (exact) mass is 392 g/mol. The standard InChI is InChI=1S/C19H21ClN2O5/c20-14-5-7-16(8-6-14)27-17-10-22(26-12-17)9-15(24)11-25-19-4-2-1-3-18(19)21-13-23/h1-8,13,15,17,24H,9-12H2,(H,21,23)/t15-,17+/m0/s1. The molecule has 0 bridgehead atoms. The number of carbonyl (C=O) groups excluding carboxylic acids is 1. The number of ether oxygens (including phenoxy) is 2. The number of benzene rings is 2. The third-order valence-corrected chi connectivity index (χ3v) is 4.17. The van der Waals surface area contributed by atoms with Gasteiger partial charge in [0.25, 0.3) is 0 Å². The summed E-state index contributed by atoms with van der Waals surface area (Å²) in [7, 11) is 0. The summed E-state index contributed by atoms with van der Waals surface area (Å²) >= 11 is 5.86. The van der Waals surface area contributed by atoms with Gasteiger partial charge in [0.05, 0.1) is 18.8 Å². The van der Waals surface area contributed by atoms with Crippen molar-refractivity contribution in [3.05, 3.63) is 53.6 Å². The molecule has 2 aromatic carbocycles. The Morgan fingerprint density at radius 2 is 2.07 bits per heavy atom. The molecule has 1 heterocycles. The van der Waals surface area contributed by atoms with E-state index in [1.807, 2.05) is 0 Å². The first-order chi connectivity index (χ1) is 13.1. The van der Waals surface area contributed by atoms with Crippen molar-refractivity contribution in [2.24, 2.45) is 0 Å². The minimum Gasteiger partial charge on any atom is -0.489 e. The SMILES string of the molecule is O=CNc1ccccc1OC[C@@H](O)CN1C[C@@H](Oc2ccc(Cl)cc2)CO1. The Kier molecular flexibility index (Phi) is 6.89. The van der Waals surface area contributed by atoms with E-state index in [-0.39, 0.29) is 19.3 Å². The molecule has 144 valence electrons. The Bertz CT molecular complexity index is 743. The fourth-order valence-corrected chi connectivity index (χ4v) is 2.80. The lowest BCUT2D eigenvalue weighted by Crippen LogP contribution is -2.34. The minimum atomic E-state index is -0.761. The number of nitrogens with one attached hydrogen (secondary N) is 1. The predicted octanol–water partition coefficient (Wildman–Crippen LogP) is 2.34. The number of nitrogens with zero attached hydrogens (tertiary/aromatic N) is 1. The van der Waals surface area contributed by atoms with Gasteiger partial charge in [-0.1, -0.05) is 23.7 Å². The van der Waals surface area contributed by atoms with Crippen LogP contribution >= 0.6 is 11.6 Å². The molecule has 0 aromatic heterocycles. The first kappa shape index (κ1) is 19.4. The first-order valence-electron chi connectivity index (χ1n) is 8.54. The average molecular weight is 393 g/mol. The van der Waals surface area contributed by atoms with Gasteiger partial charge in [-0.05, 0) is 36.4 Å². The summed E-state index contributed by atoms with van der Waals surface area (Å²) in [6.45, 7) is 1.29. The topological polar surface area (TPSA) is 80.3 Å². The van der Waals surface area contributed by atoms with Crippen molar-refractivity contribution in [2.45, 2.75) is 12.2 Å². The van der Waals surface area contributed by atoms with Crippen LogP contribution in [0, 0.1) is 0 Å². The molecule has 1 aliphatic heterocycles. The van der Waals surface area contributed by atoms with E-state index in [0.29, 0.717) is 36.0 Å². The van der Waals surface area contributed by atoms with E-state index >= 15 is 0 Å². The van der Waals surface area contributed by atoms with Crippen LogP contribution in [0.5, 0.6) is 11.5 Å². The van der Waals surface area contributed by atoms with Gasteiger partial charge in [-0.3, -0.25) is 9.63 Å². The maximum Gasteiger partial charge on any atom is 0.211 e. The van der Waals surface area contributed by atoms with Crippen LogP contribution in [0.2, 0.25) is 5.02 Å². The van der Waals surface area contributed by atoms with E-state index < -0.39 is 6.10 Å². The number of hydrogen-bond donors (Lipinski definition) is 2. The number of carbonyl (C=O) groups is 1. The third-order valence-electron chi connectivity index (χ3n) is 3.91. The van der Waals surface area contributed by atoms with Gasteiger partial charge in [0, 0.05) is 5.02 Å². The number of hydrogen-bond acceptors (Lipinski definition) is 6. The molecule has 0 aliphatic carbocycles. The van der Waals surface area contributed by atoms with Gasteiger partial charge in [-0.15, -0.1) is 0 Å². The summed E-state index contributed by atoms with van der Waals surface area (Å²) in [5.41, 5.74) is 0.550. The van der Waals surface area contributed by atoms with Crippen LogP contribution in [0.25, 0.3) is 0 Å². The Balaban J connectivity index is 1.43. The molecule has 0 radical (unpaired) electrons. The number of hydroxylamine groups is 2. The second-order valence-electron chi connectivity index (χ2n) is 6.06. The third kappa shape index (κ3) is 5.83. The summed E-state index contributed by atoms with van der Waals surface area (Å²) < 4.78 is 11.4. The Morgan fingerprint density at radius 3 is 2.85 bits per heavy atom. The Morgan fingerprint density at radius 1 is 1.30 bits per heavy atom. The lowest BCUT2D eigenvalue weighted by Gasteiger charge is -2.19. The normalized spacial score (nSPS) is 18.1. The van der Waals surface area contributed by atoms with Crippen molar-refractivity contribution in [2.75, 3.05) is 31.6 Å². The number of aliphatic hydroxyl groups excluding tert-OH is 1. The molecule has 0 unspecified atom stereocenters. The average Bonchev–Trinajstić information content (AvgIpc) is 3.10. The highest BCUT2D eigenvalue weighted by Gasteiger charge is 2.27. The summed E-state index contributed by atoms with van der Waals surface area (Å²) in [6, 6.07) is 14.2. The molecule has 2 aromatic rings. The summed E-state index contributed by atoms with van der Waals surface area (Å²) in [6.07, 6.45) is -0.308. The number of anilines is 1. The van der Waals surface area contributed by atoms with Gasteiger partial charge >= 0.3 is 0 Å². The zero-order chi connectivity index (χ0) is 19.1. The van der Waals surface area contributed by atoms with E-state index in [1.54, 1.807) is 53.6 Å². The number of β-amino-alcohol motifs (C(OH)–C–C–N with tert-alkyl or cyclic N) is 1. The molecule has 27 heavy (non-hydrogen) atoms. The second kappa shape index (κ2) is 9.57. The first-order valence-corrected chi connectivity index (χ1v) is 8.92. The van der Waals surface area contributed by atoms with Crippen LogP contribution in [0.15, 0.2) is 48.5 Å². The smallest absolute Gasteiger partial charge is 0.211 e. The van der Waals surface area contributed by atoms with Gasteiger partial charge in [-0.25, -0.2) is 0 Å². The van der Waals surface area contributed by atoms with Crippen molar-refractivity contribution >= 4 is 23.7 Å². The Labute approximate surface area is 162 Å². The van der Waals surface area contributed by atoms with E-state index in [9.17, 15) is 9.90 Å². The molecule has 0 spiro atoms. The van der Waals surface area contributed by atoms with Crippen molar-refractivity contribution < 1.29 is 24.2 Å². The predicted molar refractivity (Wildman–Crippen MR) is 101 cm³/mol. The molecule has 0 saturated carbocycles. The maximum atomic E-state index is 10.6. The number of halogens is 1. The van der Waals surface area contributed by atoms with E-state index in [2.05, 4.69) is 5.32 Å². The zero-order valence-corrected chi connectivity index (χ0v) is 15.3. The zero-order valence-electron chi connectivity index (χ0n) is 14.6. The minimum absolute atomic E-state index is 0.0696. The number of rotatable bonds is 9. The van der Waals surface area contributed by atoms with Crippen molar-refractivity contribution in [3.63, 3.8) is 0 Å².